The monoisotopic (exact) mass is 227 g/mol. The van der Waals surface area contributed by atoms with Crippen molar-refractivity contribution in [3.63, 3.8) is 0 Å². The maximum atomic E-state index is 5.91. The minimum atomic E-state index is 0.548. The molecule has 2 nitrogen and oxygen atoms in total. The summed E-state index contributed by atoms with van der Waals surface area (Å²) in [7, 11) is 2.20. The van der Waals surface area contributed by atoms with Gasteiger partial charge in [-0.3, -0.25) is 0 Å². The zero-order chi connectivity index (χ0) is 11.6. The van der Waals surface area contributed by atoms with Gasteiger partial charge in [-0.05, 0) is 26.3 Å². The van der Waals surface area contributed by atoms with Gasteiger partial charge in [0.05, 0.1) is 6.10 Å². The van der Waals surface area contributed by atoms with Crippen molar-refractivity contribution in [2.75, 3.05) is 26.7 Å². The van der Waals surface area contributed by atoms with E-state index in [4.69, 9.17) is 4.74 Å². The van der Waals surface area contributed by atoms with Crippen LogP contribution in [0.3, 0.4) is 0 Å². The highest BCUT2D eigenvalue weighted by Gasteiger charge is 2.16. The molecule has 0 saturated carbocycles. The Bertz CT molecular complexity index is 153. The molecule has 1 aliphatic rings. The lowest BCUT2D eigenvalue weighted by atomic mass is 10.1. The van der Waals surface area contributed by atoms with Crippen LogP contribution in [0.25, 0.3) is 0 Å². The fourth-order valence-corrected chi connectivity index (χ4v) is 2.28. The summed E-state index contributed by atoms with van der Waals surface area (Å²) in [5, 5.41) is 0. The van der Waals surface area contributed by atoms with Crippen LogP contribution in [0, 0.1) is 0 Å². The zero-order valence-corrected chi connectivity index (χ0v) is 11.2. The molecule has 0 atom stereocenters. The van der Waals surface area contributed by atoms with Crippen LogP contribution in [0.5, 0.6) is 0 Å². The molecule has 0 aromatic carbocycles. The van der Waals surface area contributed by atoms with E-state index in [0.29, 0.717) is 6.10 Å². The molecule has 0 amide bonds. The minimum Gasteiger partial charge on any atom is -0.378 e. The highest BCUT2D eigenvalue weighted by Crippen LogP contribution is 2.13. The molecule has 0 spiro atoms. The lowest BCUT2D eigenvalue weighted by Crippen LogP contribution is -2.34. The standard InChI is InChI=1S/C14H29NO/c1-3-4-5-6-7-8-13-16-14-9-11-15(2)12-10-14/h14H,3-13H2,1-2H3. The molecule has 0 aromatic heterocycles. The second-order valence-electron chi connectivity index (χ2n) is 5.14. The van der Waals surface area contributed by atoms with E-state index in [1.165, 1.54) is 64.5 Å². The molecule has 0 aliphatic carbocycles. The number of ether oxygens (including phenoxy) is 1. The predicted molar refractivity (Wildman–Crippen MR) is 69.8 cm³/mol. The highest BCUT2D eigenvalue weighted by molar-refractivity contribution is 4.69. The Labute approximate surface area is 101 Å². The summed E-state index contributed by atoms with van der Waals surface area (Å²) >= 11 is 0. The van der Waals surface area contributed by atoms with Gasteiger partial charge in [-0.2, -0.15) is 0 Å². The average molecular weight is 227 g/mol. The number of rotatable bonds is 8. The number of piperidine rings is 1. The number of unbranched alkanes of at least 4 members (excludes halogenated alkanes) is 5. The molecule has 1 aliphatic heterocycles. The molecule has 0 aromatic rings. The van der Waals surface area contributed by atoms with Gasteiger partial charge in [-0.15, -0.1) is 0 Å². The van der Waals surface area contributed by atoms with Crippen LogP contribution in [-0.2, 0) is 4.74 Å². The quantitative estimate of drug-likeness (QED) is 0.589. The fourth-order valence-electron chi connectivity index (χ4n) is 2.28. The molecule has 0 N–H and O–H groups in total. The van der Waals surface area contributed by atoms with Crippen molar-refractivity contribution < 1.29 is 4.74 Å². The third-order valence-corrected chi connectivity index (χ3v) is 3.52. The van der Waals surface area contributed by atoms with E-state index in [2.05, 4.69) is 18.9 Å². The first-order valence-electron chi connectivity index (χ1n) is 7.13. The van der Waals surface area contributed by atoms with Gasteiger partial charge in [0.1, 0.15) is 0 Å². The van der Waals surface area contributed by atoms with E-state index in [1.54, 1.807) is 0 Å². The van der Waals surface area contributed by atoms with Crippen molar-refractivity contribution in [2.45, 2.75) is 64.4 Å². The van der Waals surface area contributed by atoms with E-state index in [9.17, 15) is 0 Å². The Kier molecular flexibility index (Phi) is 7.87. The van der Waals surface area contributed by atoms with E-state index in [0.717, 1.165) is 6.61 Å². The number of hydrogen-bond acceptors (Lipinski definition) is 2. The van der Waals surface area contributed by atoms with Gasteiger partial charge in [0.25, 0.3) is 0 Å². The van der Waals surface area contributed by atoms with Gasteiger partial charge < -0.3 is 9.64 Å². The molecule has 0 radical (unpaired) electrons. The van der Waals surface area contributed by atoms with Gasteiger partial charge in [-0.25, -0.2) is 0 Å². The third kappa shape index (κ3) is 6.49. The Hall–Kier alpha value is -0.0800. The predicted octanol–water partition coefficient (Wildman–Crippen LogP) is 3.46. The van der Waals surface area contributed by atoms with Gasteiger partial charge in [-0.1, -0.05) is 39.0 Å². The Morgan fingerprint density at radius 2 is 1.62 bits per heavy atom. The van der Waals surface area contributed by atoms with Gasteiger partial charge in [0.2, 0.25) is 0 Å². The molecule has 1 rings (SSSR count). The SMILES string of the molecule is CCCCCCCCOC1CCN(C)CC1. The normalized spacial score (nSPS) is 19.1. The second kappa shape index (κ2) is 9.00. The molecule has 1 saturated heterocycles. The van der Waals surface area contributed by atoms with E-state index >= 15 is 0 Å². The fraction of sp³-hybridized carbons (Fsp3) is 1.00. The maximum absolute atomic E-state index is 5.91. The van der Waals surface area contributed by atoms with Crippen molar-refractivity contribution in [2.24, 2.45) is 0 Å². The molecular weight excluding hydrogens is 198 g/mol. The topological polar surface area (TPSA) is 12.5 Å². The number of nitrogens with zero attached hydrogens (tertiary/aromatic N) is 1. The van der Waals surface area contributed by atoms with Crippen molar-refractivity contribution in [1.82, 2.24) is 4.90 Å². The zero-order valence-electron chi connectivity index (χ0n) is 11.2. The number of likely N-dealkylation sites (tertiary alicyclic amines) is 1. The van der Waals surface area contributed by atoms with E-state index < -0.39 is 0 Å². The van der Waals surface area contributed by atoms with Crippen LogP contribution in [0.2, 0.25) is 0 Å². The summed E-state index contributed by atoms with van der Waals surface area (Å²) in [4.78, 5) is 2.39. The smallest absolute Gasteiger partial charge is 0.0599 e. The molecule has 2 heteroatoms. The van der Waals surface area contributed by atoms with Gasteiger partial charge in [0, 0.05) is 19.7 Å². The Morgan fingerprint density at radius 1 is 1.00 bits per heavy atom. The maximum Gasteiger partial charge on any atom is 0.0599 e. The Morgan fingerprint density at radius 3 is 2.31 bits per heavy atom. The van der Waals surface area contributed by atoms with E-state index in [1.807, 2.05) is 0 Å². The van der Waals surface area contributed by atoms with E-state index in [-0.39, 0.29) is 0 Å². The molecule has 0 unspecified atom stereocenters. The molecule has 96 valence electrons. The molecule has 16 heavy (non-hydrogen) atoms. The first-order valence-corrected chi connectivity index (χ1v) is 7.13. The summed E-state index contributed by atoms with van der Waals surface area (Å²) in [6, 6.07) is 0. The van der Waals surface area contributed by atoms with Crippen LogP contribution in [0.15, 0.2) is 0 Å². The summed E-state index contributed by atoms with van der Waals surface area (Å²) in [6.45, 7) is 5.67. The molecular formula is C14H29NO. The Balaban J connectivity index is 1.84. The van der Waals surface area contributed by atoms with Crippen LogP contribution in [-0.4, -0.2) is 37.7 Å². The first kappa shape index (κ1) is 14.0. The lowest BCUT2D eigenvalue weighted by molar-refractivity contribution is 0.0107. The van der Waals surface area contributed by atoms with Crippen molar-refractivity contribution in [1.29, 1.82) is 0 Å². The molecule has 0 bridgehead atoms. The summed E-state index contributed by atoms with van der Waals surface area (Å²) in [5.74, 6) is 0. The van der Waals surface area contributed by atoms with Crippen molar-refractivity contribution >= 4 is 0 Å². The van der Waals surface area contributed by atoms with Crippen LogP contribution in [0.1, 0.15) is 58.3 Å². The minimum absolute atomic E-state index is 0.548. The van der Waals surface area contributed by atoms with Gasteiger partial charge >= 0.3 is 0 Å². The highest BCUT2D eigenvalue weighted by atomic mass is 16.5. The average Bonchev–Trinajstić information content (AvgIpc) is 2.30. The molecule has 1 fully saturated rings. The number of hydrogen-bond donors (Lipinski definition) is 0. The third-order valence-electron chi connectivity index (χ3n) is 3.52. The summed E-state index contributed by atoms with van der Waals surface area (Å²) in [5.41, 5.74) is 0. The van der Waals surface area contributed by atoms with Crippen LogP contribution >= 0.6 is 0 Å². The van der Waals surface area contributed by atoms with Gasteiger partial charge in [0.15, 0.2) is 0 Å². The summed E-state index contributed by atoms with van der Waals surface area (Å²) < 4.78 is 5.91. The lowest BCUT2D eigenvalue weighted by Gasteiger charge is -2.28. The van der Waals surface area contributed by atoms with Crippen molar-refractivity contribution in [3.8, 4) is 0 Å². The summed E-state index contributed by atoms with van der Waals surface area (Å²) in [6.07, 6.45) is 11.2. The van der Waals surface area contributed by atoms with Crippen LogP contribution in [0.4, 0.5) is 0 Å². The first-order chi connectivity index (χ1) is 7.83. The molecule has 1 heterocycles. The second-order valence-corrected chi connectivity index (χ2v) is 5.14. The van der Waals surface area contributed by atoms with Crippen LogP contribution < -0.4 is 0 Å². The largest absolute Gasteiger partial charge is 0.378 e. The van der Waals surface area contributed by atoms with Crippen molar-refractivity contribution in [3.05, 3.63) is 0 Å².